The van der Waals surface area contributed by atoms with Crippen LogP contribution in [0.4, 0.5) is 0 Å². The Bertz CT molecular complexity index is 967. The molecule has 6 nitrogen and oxygen atoms in total. The summed E-state index contributed by atoms with van der Waals surface area (Å²) in [5.74, 6) is -0.314. The van der Waals surface area contributed by atoms with Crippen LogP contribution in [0.25, 0.3) is 0 Å². The van der Waals surface area contributed by atoms with E-state index in [1.54, 1.807) is 48.3 Å². The first-order valence-corrected chi connectivity index (χ1v) is 11.3. The van der Waals surface area contributed by atoms with Crippen molar-refractivity contribution in [2.45, 2.75) is 30.7 Å². The van der Waals surface area contributed by atoms with Gasteiger partial charge < -0.3 is 9.88 Å². The van der Waals surface area contributed by atoms with Crippen LogP contribution in [-0.2, 0) is 21.9 Å². The first-order chi connectivity index (χ1) is 13.2. The molecule has 3 rings (SSSR count). The summed E-state index contributed by atoms with van der Waals surface area (Å²) >= 11 is 12.1. The number of benzene rings is 1. The number of aromatic nitrogens is 1. The van der Waals surface area contributed by atoms with Crippen molar-refractivity contribution in [3.05, 3.63) is 52.3 Å². The smallest absolute Gasteiger partial charge is 0.244 e. The highest BCUT2D eigenvalue weighted by atomic mass is 35.5. The molecule has 2 heterocycles. The van der Waals surface area contributed by atoms with E-state index >= 15 is 0 Å². The van der Waals surface area contributed by atoms with Crippen LogP contribution >= 0.6 is 23.2 Å². The highest BCUT2D eigenvalue weighted by Gasteiger charge is 2.32. The Morgan fingerprint density at radius 3 is 2.46 bits per heavy atom. The van der Waals surface area contributed by atoms with Gasteiger partial charge in [0.15, 0.2) is 0 Å². The number of hydrogen-bond acceptors (Lipinski definition) is 3. The van der Waals surface area contributed by atoms with Crippen LogP contribution in [0.2, 0.25) is 10.0 Å². The number of halogens is 2. The predicted molar refractivity (Wildman–Crippen MR) is 110 cm³/mol. The molecule has 0 spiro atoms. The van der Waals surface area contributed by atoms with Gasteiger partial charge in [0, 0.05) is 48.5 Å². The van der Waals surface area contributed by atoms with Crippen molar-refractivity contribution in [2.24, 2.45) is 13.0 Å². The standard InChI is InChI=1S/C19H23Cl2N3O3S/c1-13(17-4-3-15(20)11-18(17)21)22-19(25)14-5-9-24(10-6-14)28(26,27)16-7-8-23(2)12-16/h3-4,7-8,11-14H,5-6,9-10H2,1-2H3,(H,22,25)/t13-/m1/s1. The van der Waals surface area contributed by atoms with Gasteiger partial charge in [0.05, 0.1) is 10.9 Å². The molecular formula is C19H23Cl2N3O3S. The topological polar surface area (TPSA) is 71.4 Å². The minimum atomic E-state index is -3.52. The zero-order chi connectivity index (χ0) is 20.5. The van der Waals surface area contributed by atoms with Gasteiger partial charge in [-0.1, -0.05) is 29.3 Å². The van der Waals surface area contributed by atoms with Gasteiger partial charge in [-0.3, -0.25) is 4.79 Å². The minimum Gasteiger partial charge on any atom is -0.356 e. The average Bonchev–Trinajstić information content (AvgIpc) is 3.09. The first-order valence-electron chi connectivity index (χ1n) is 9.06. The van der Waals surface area contributed by atoms with E-state index in [-0.39, 0.29) is 22.8 Å². The molecule has 0 radical (unpaired) electrons. The first kappa shape index (κ1) is 21.2. The quantitative estimate of drug-likeness (QED) is 0.766. The van der Waals surface area contributed by atoms with Crippen LogP contribution in [-0.4, -0.2) is 36.3 Å². The second-order valence-corrected chi connectivity index (χ2v) is 9.87. The highest BCUT2D eigenvalue weighted by Crippen LogP contribution is 2.28. The normalized spacial score (nSPS) is 17.4. The van der Waals surface area contributed by atoms with Gasteiger partial charge >= 0.3 is 0 Å². The Kier molecular flexibility index (Phi) is 6.39. The van der Waals surface area contributed by atoms with E-state index in [0.29, 0.717) is 36.0 Å². The third-order valence-electron chi connectivity index (χ3n) is 5.06. The van der Waals surface area contributed by atoms with E-state index in [1.165, 1.54) is 4.31 Å². The van der Waals surface area contributed by atoms with Crippen LogP contribution in [0.3, 0.4) is 0 Å². The van der Waals surface area contributed by atoms with Gasteiger partial charge in [-0.15, -0.1) is 0 Å². The van der Waals surface area contributed by atoms with Crippen LogP contribution in [0.15, 0.2) is 41.6 Å². The fourth-order valence-electron chi connectivity index (χ4n) is 3.40. The Morgan fingerprint density at radius 2 is 1.89 bits per heavy atom. The Morgan fingerprint density at radius 1 is 1.21 bits per heavy atom. The summed E-state index contributed by atoms with van der Waals surface area (Å²) < 4.78 is 28.5. The molecule has 1 aromatic carbocycles. The van der Waals surface area contributed by atoms with Crippen molar-refractivity contribution in [1.29, 1.82) is 0 Å². The Balaban J connectivity index is 1.59. The maximum absolute atomic E-state index is 12.7. The van der Waals surface area contributed by atoms with E-state index in [1.807, 2.05) is 6.92 Å². The molecule has 0 bridgehead atoms. The fraction of sp³-hybridized carbons (Fsp3) is 0.421. The van der Waals surface area contributed by atoms with Crippen LogP contribution in [0, 0.1) is 5.92 Å². The number of rotatable bonds is 5. The molecule has 1 saturated heterocycles. The lowest BCUT2D eigenvalue weighted by Crippen LogP contribution is -2.43. The number of sulfonamides is 1. The molecule has 0 unspecified atom stereocenters. The zero-order valence-electron chi connectivity index (χ0n) is 15.7. The lowest BCUT2D eigenvalue weighted by molar-refractivity contribution is -0.126. The van der Waals surface area contributed by atoms with E-state index < -0.39 is 10.0 Å². The van der Waals surface area contributed by atoms with Gasteiger partial charge in [0.2, 0.25) is 15.9 Å². The lowest BCUT2D eigenvalue weighted by atomic mass is 9.96. The SMILES string of the molecule is C[C@@H](NC(=O)C1CCN(S(=O)(=O)c2ccn(C)c2)CC1)c1ccc(Cl)cc1Cl. The minimum absolute atomic E-state index is 0.0877. The van der Waals surface area contributed by atoms with Crippen molar-refractivity contribution in [2.75, 3.05) is 13.1 Å². The van der Waals surface area contributed by atoms with Crippen LogP contribution in [0.5, 0.6) is 0 Å². The molecule has 28 heavy (non-hydrogen) atoms. The van der Waals surface area contributed by atoms with E-state index in [9.17, 15) is 13.2 Å². The Labute approximate surface area is 175 Å². The van der Waals surface area contributed by atoms with Crippen molar-refractivity contribution >= 4 is 39.1 Å². The van der Waals surface area contributed by atoms with Gasteiger partial charge in [0.25, 0.3) is 0 Å². The van der Waals surface area contributed by atoms with Gasteiger partial charge in [0.1, 0.15) is 0 Å². The van der Waals surface area contributed by atoms with Crippen molar-refractivity contribution in [3.63, 3.8) is 0 Å². The van der Waals surface area contributed by atoms with Gasteiger partial charge in [-0.05, 0) is 43.5 Å². The molecule has 1 atom stereocenters. The van der Waals surface area contributed by atoms with Crippen molar-refractivity contribution < 1.29 is 13.2 Å². The summed E-state index contributed by atoms with van der Waals surface area (Å²) in [5, 5.41) is 4.02. The predicted octanol–water partition coefficient (Wildman–Crippen LogP) is 3.61. The molecule has 1 fully saturated rings. The number of piperidine rings is 1. The van der Waals surface area contributed by atoms with Crippen molar-refractivity contribution in [1.82, 2.24) is 14.2 Å². The summed E-state index contributed by atoms with van der Waals surface area (Å²) in [7, 11) is -1.73. The number of carbonyl (C=O) groups excluding carboxylic acids is 1. The second kappa shape index (κ2) is 8.45. The largest absolute Gasteiger partial charge is 0.356 e. The van der Waals surface area contributed by atoms with Crippen LogP contribution < -0.4 is 5.32 Å². The number of amides is 1. The number of hydrogen-bond donors (Lipinski definition) is 1. The molecule has 1 N–H and O–H groups in total. The third-order valence-corrected chi connectivity index (χ3v) is 7.50. The summed E-state index contributed by atoms with van der Waals surface area (Å²) in [6, 6.07) is 6.51. The monoisotopic (exact) mass is 443 g/mol. The lowest BCUT2D eigenvalue weighted by Gasteiger charge is -2.31. The highest BCUT2D eigenvalue weighted by molar-refractivity contribution is 7.89. The molecule has 9 heteroatoms. The van der Waals surface area contributed by atoms with Gasteiger partial charge in [-0.25, -0.2) is 8.42 Å². The fourth-order valence-corrected chi connectivity index (χ4v) is 5.49. The maximum atomic E-state index is 12.7. The van der Waals surface area contributed by atoms with Crippen LogP contribution in [0.1, 0.15) is 31.4 Å². The summed E-state index contributed by atoms with van der Waals surface area (Å²) in [6.45, 7) is 2.51. The molecule has 1 aromatic heterocycles. The molecule has 1 aliphatic rings. The molecular weight excluding hydrogens is 421 g/mol. The van der Waals surface area contributed by atoms with E-state index in [4.69, 9.17) is 23.2 Å². The number of nitrogens with zero attached hydrogens (tertiary/aromatic N) is 2. The number of aryl methyl sites for hydroxylation is 1. The molecule has 152 valence electrons. The third kappa shape index (κ3) is 4.54. The molecule has 1 aliphatic heterocycles. The Hall–Kier alpha value is -1.54. The van der Waals surface area contributed by atoms with E-state index in [0.717, 1.165) is 5.56 Å². The molecule has 0 saturated carbocycles. The maximum Gasteiger partial charge on any atom is 0.244 e. The summed E-state index contributed by atoms with van der Waals surface area (Å²) in [5.41, 5.74) is 0.795. The number of carbonyl (C=O) groups is 1. The van der Waals surface area contributed by atoms with E-state index in [2.05, 4.69) is 5.32 Å². The molecule has 1 amide bonds. The molecule has 0 aliphatic carbocycles. The average molecular weight is 444 g/mol. The molecule has 2 aromatic rings. The summed E-state index contributed by atoms with van der Waals surface area (Å²) in [6.07, 6.45) is 4.26. The zero-order valence-corrected chi connectivity index (χ0v) is 18.1. The van der Waals surface area contributed by atoms with Gasteiger partial charge in [-0.2, -0.15) is 4.31 Å². The van der Waals surface area contributed by atoms with Crippen molar-refractivity contribution in [3.8, 4) is 0 Å². The second-order valence-electron chi connectivity index (χ2n) is 7.09. The number of nitrogens with one attached hydrogen (secondary N) is 1. The summed E-state index contributed by atoms with van der Waals surface area (Å²) in [4.78, 5) is 12.9.